The lowest BCUT2D eigenvalue weighted by molar-refractivity contribution is -0.133. The van der Waals surface area contributed by atoms with E-state index >= 15 is 0 Å². The van der Waals surface area contributed by atoms with E-state index in [1.165, 1.54) is 6.26 Å². The van der Waals surface area contributed by atoms with Gasteiger partial charge >= 0.3 is 0 Å². The Hall–Kier alpha value is -3.87. The van der Waals surface area contributed by atoms with Gasteiger partial charge < -0.3 is 19.1 Å². The smallest absolute Gasteiger partial charge is 0.289 e. The molecule has 7 heteroatoms. The van der Waals surface area contributed by atoms with Crippen LogP contribution in [0, 0.1) is 6.92 Å². The topological polar surface area (TPSA) is 74.1 Å². The molecule has 2 aromatic carbocycles. The number of hydrogen-bond acceptors (Lipinski definition) is 4. The van der Waals surface area contributed by atoms with Gasteiger partial charge in [-0.15, -0.1) is 0 Å². The average Bonchev–Trinajstić information content (AvgIpc) is 3.52. The Labute approximate surface area is 198 Å². The van der Waals surface area contributed by atoms with Crippen LogP contribution in [-0.2, 0) is 11.3 Å². The molecule has 0 bridgehead atoms. The molecule has 0 unspecified atom stereocenters. The molecule has 3 amide bonds. The first-order chi connectivity index (χ1) is 16.5. The van der Waals surface area contributed by atoms with E-state index in [9.17, 15) is 14.4 Å². The van der Waals surface area contributed by atoms with Crippen LogP contribution < -0.4 is 0 Å². The second-order valence-electron chi connectivity index (χ2n) is 8.87. The molecule has 2 aliphatic heterocycles. The molecule has 3 heterocycles. The SMILES string of the molecule is Cc1ccc([C@H](CC(=O)N2CCN(C(=O)c3ccco3)CC2)N2Cc3ccccc3C2=O)cc1. The molecule has 1 atom stereocenters. The molecule has 34 heavy (non-hydrogen) atoms. The Balaban J connectivity index is 1.30. The van der Waals surface area contributed by atoms with Crippen LogP contribution >= 0.6 is 0 Å². The molecule has 0 aliphatic carbocycles. The average molecular weight is 458 g/mol. The van der Waals surface area contributed by atoms with E-state index in [1.807, 2.05) is 60.4 Å². The zero-order valence-electron chi connectivity index (χ0n) is 19.1. The van der Waals surface area contributed by atoms with Gasteiger partial charge in [0.2, 0.25) is 5.91 Å². The van der Waals surface area contributed by atoms with Gasteiger partial charge in [-0.2, -0.15) is 0 Å². The molecular formula is C27H27N3O4. The second kappa shape index (κ2) is 9.17. The summed E-state index contributed by atoms with van der Waals surface area (Å²) in [6.07, 6.45) is 1.69. The Kier molecular flexibility index (Phi) is 5.92. The van der Waals surface area contributed by atoms with E-state index in [1.54, 1.807) is 21.9 Å². The first kappa shape index (κ1) is 21.9. The Morgan fingerprint density at radius 1 is 0.912 bits per heavy atom. The summed E-state index contributed by atoms with van der Waals surface area (Å²) in [6, 6.07) is 18.6. The summed E-state index contributed by atoms with van der Waals surface area (Å²) in [5.74, 6) is 0.101. The highest BCUT2D eigenvalue weighted by Gasteiger charge is 2.36. The van der Waals surface area contributed by atoms with Crippen molar-refractivity contribution in [3.8, 4) is 0 Å². The summed E-state index contributed by atoms with van der Waals surface area (Å²) in [6.45, 7) is 4.33. The van der Waals surface area contributed by atoms with Crippen LogP contribution in [0.5, 0.6) is 0 Å². The van der Waals surface area contributed by atoms with E-state index in [-0.39, 0.29) is 30.2 Å². The molecule has 174 valence electrons. The van der Waals surface area contributed by atoms with Gasteiger partial charge in [0, 0.05) is 38.3 Å². The predicted molar refractivity (Wildman–Crippen MR) is 126 cm³/mol. The zero-order chi connectivity index (χ0) is 23.7. The molecule has 0 saturated carbocycles. The first-order valence-corrected chi connectivity index (χ1v) is 11.6. The van der Waals surface area contributed by atoms with E-state index < -0.39 is 0 Å². The molecule has 7 nitrogen and oxygen atoms in total. The normalized spacial score (nSPS) is 16.5. The van der Waals surface area contributed by atoms with E-state index in [0.29, 0.717) is 44.0 Å². The number of nitrogens with zero attached hydrogens (tertiary/aromatic N) is 3. The monoisotopic (exact) mass is 457 g/mol. The standard InChI is InChI=1S/C27H27N3O4/c1-19-8-10-20(11-9-19)23(30-18-21-5-2-3-6-22(21)26(30)32)17-25(31)28-12-14-29(15-13-28)27(33)24-7-4-16-34-24/h2-11,16,23H,12-15,17-18H2,1H3/t23-/m0/s1. The molecular weight excluding hydrogens is 430 g/mol. The van der Waals surface area contributed by atoms with Crippen molar-refractivity contribution in [2.24, 2.45) is 0 Å². The van der Waals surface area contributed by atoms with Crippen LogP contribution in [0.25, 0.3) is 0 Å². The number of carbonyl (C=O) groups is 3. The van der Waals surface area contributed by atoms with Crippen LogP contribution in [0.1, 0.15) is 50.1 Å². The summed E-state index contributed by atoms with van der Waals surface area (Å²) in [5.41, 5.74) is 3.77. The quantitative estimate of drug-likeness (QED) is 0.586. The van der Waals surface area contributed by atoms with E-state index in [2.05, 4.69) is 0 Å². The highest BCUT2D eigenvalue weighted by molar-refractivity contribution is 5.99. The largest absolute Gasteiger partial charge is 0.459 e. The van der Waals surface area contributed by atoms with Gasteiger partial charge in [0.15, 0.2) is 5.76 Å². The number of hydrogen-bond donors (Lipinski definition) is 0. The molecule has 3 aromatic rings. The Morgan fingerprint density at radius 3 is 2.29 bits per heavy atom. The van der Waals surface area contributed by atoms with E-state index in [0.717, 1.165) is 16.7 Å². The number of furan rings is 1. The van der Waals surface area contributed by atoms with Crippen LogP contribution in [-0.4, -0.2) is 58.6 Å². The number of aryl methyl sites for hydroxylation is 1. The minimum atomic E-state index is -0.351. The fourth-order valence-corrected chi connectivity index (χ4v) is 4.73. The molecule has 0 spiro atoms. The summed E-state index contributed by atoms with van der Waals surface area (Å²) in [7, 11) is 0. The fraction of sp³-hybridized carbons (Fsp3) is 0.296. The lowest BCUT2D eigenvalue weighted by Gasteiger charge is -2.36. The molecule has 1 fully saturated rings. The minimum Gasteiger partial charge on any atom is -0.459 e. The maximum Gasteiger partial charge on any atom is 0.289 e. The summed E-state index contributed by atoms with van der Waals surface area (Å²) < 4.78 is 5.22. The highest BCUT2D eigenvalue weighted by Crippen LogP contribution is 2.34. The predicted octanol–water partition coefficient (Wildman–Crippen LogP) is 3.66. The molecule has 2 aliphatic rings. The van der Waals surface area contributed by atoms with Crippen LogP contribution in [0.2, 0.25) is 0 Å². The van der Waals surface area contributed by atoms with Crippen molar-refractivity contribution in [1.82, 2.24) is 14.7 Å². The van der Waals surface area contributed by atoms with Crippen LogP contribution in [0.4, 0.5) is 0 Å². The first-order valence-electron chi connectivity index (χ1n) is 11.6. The third-order valence-corrected chi connectivity index (χ3v) is 6.71. The lowest BCUT2D eigenvalue weighted by Crippen LogP contribution is -2.51. The maximum atomic E-state index is 13.4. The van der Waals surface area contributed by atoms with Gasteiger partial charge in [-0.1, -0.05) is 48.0 Å². The lowest BCUT2D eigenvalue weighted by atomic mass is 9.99. The van der Waals surface area contributed by atoms with Crippen LogP contribution in [0.3, 0.4) is 0 Å². The highest BCUT2D eigenvalue weighted by atomic mass is 16.3. The second-order valence-corrected chi connectivity index (χ2v) is 8.87. The molecule has 5 rings (SSSR count). The molecule has 1 aromatic heterocycles. The summed E-state index contributed by atoms with van der Waals surface area (Å²) >= 11 is 0. The van der Waals surface area contributed by atoms with Gasteiger partial charge in [-0.3, -0.25) is 14.4 Å². The fourth-order valence-electron chi connectivity index (χ4n) is 4.73. The van der Waals surface area contributed by atoms with Crippen molar-refractivity contribution < 1.29 is 18.8 Å². The van der Waals surface area contributed by atoms with Crippen molar-refractivity contribution in [1.29, 1.82) is 0 Å². The number of rotatable bonds is 5. The third-order valence-electron chi connectivity index (χ3n) is 6.71. The number of amides is 3. The van der Waals surface area contributed by atoms with E-state index in [4.69, 9.17) is 4.42 Å². The number of fused-ring (bicyclic) bond motifs is 1. The number of carbonyl (C=O) groups excluding carboxylic acids is 3. The van der Waals surface area contributed by atoms with Crippen molar-refractivity contribution in [2.75, 3.05) is 26.2 Å². The molecule has 1 saturated heterocycles. The molecule has 0 N–H and O–H groups in total. The zero-order valence-corrected chi connectivity index (χ0v) is 19.1. The summed E-state index contributed by atoms with van der Waals surface area (Å²) in [5, 5.41) is 0. The van der Waals surface area contributed by atoms with Crippen molar-refractivity contribution in [3.63, 3.8) is 0 Å². The maximum absolute atomic E-state index is 13.4. The number of benzene rings is 2. The van der Waals surface area contributed by atoms with Gasteiger partial charge in [-0.25, -0.2) is 0 Å². The summed E-state index contributed by atoms with van der Waals surface area (Å²) in [4.78, 5) is 44.4. The minimum absolute atomic E-state index is 0.0144. The van der Waals surface area contributed by atoms with Crippen molar-refractivity contribution in [2.45, 2.75) is 25.9 Å². The van der Waals surface area contributed by atoms with Gasteiger partial charge in [0.1, 0.15) is 0 Å². The van der Waals surface area contributed by atoms with Gasteiger partial charge in [0.05, 0.1) is 18.7 Å². The van der Waals surface area contributed by atoms with Gasteiger partial charge in [-0.05, 0) is 36.2 Å². The Bertz CT molecular complexity index is 1190. The van der Waals surface area contributed by atoms with Gasteiger partial charge in [0.25, 0.3) is 11.8 Å². The van der Waals surface area contributed by atoms with Crippen molar-refractivity contribution in [3.05, 3.63) is 94.9 Å². The van der Waals surface area contributed by atoms with Crippen molar-refractivity contribution >= 4 is 17.7 Å². The van der Waals surface area contributed by atoms with Crippen LogP contribution in [0.15, 0.2) is 71.3 Å². The molecule has 0 radical (unpaired) electrons. The Morgan fingerprint density at radius 2 is 1.62 bits per heavy atom. The third kappa shape index (κ3) is 4.21. The number of piperazine rings is 1.